The van der Waals surface area contributed by atoms with Crippen LogP contribution >= 0.6 is 11.8 Å². The van der Waals surface area contributed by atoms with E-state index < -0.39 is 11.2 Å². The van der Waals surface area contributed by atoms with E-state index in [0.717, 1.165) is 31.4 Å². The van der Waals surface area contributed by atoms with Crippen molar-refractivity contribution < 1.29 is 14.6 Å². The van der Waals surface area contributed by atoms with Gasteiger partial charge in [-0.1, -0.05) is 0 Å². The molecule has 130 valence electrons. The minimum Gasteiger partial charge on any atom is -0.444 e. The number of rotatable bonds is 6. The molecule has 1 atom stereocenters. The van der Waals surface area contributed by atoms with E-state index in [1.54, 1.807) is 11.8 Å². The lowest BCUT2D eigenvalue weighted by Gasteiger charge is -2.32. The first-order valence-electron chi connectivity index (χ1n) is 8.05. The Labute approximate surface area is 138 Å². The number of ether oxygens (including phenoxy) is 1. The highest BCUT2D eigenvalue weighted by Gasteiger charge is 2.26. The van der Waals surface area contributed by atoms with Gasteiger partial charge >= 0.3 is 6.09 Å². The number of nitrogens with one attached hydrogen (secondary N) is 2. The summed E-state index contributed by atoms with van der Waals surface area (Å²) in [5.41, 5.74) is -1.11. The van der Waals surface area contributed by atoms with Crippen molar-refractivity contribution in [3.05, 3.63) is 0 Å². The van der Waals surface area contributed by atoms with Gasteiger partial charge in [-0.05, 0) is 59.6 Å². The van der Waals surface area contributed by atoms with Gasteiger partial charge in [-0.3, -0.25) is 0 Å². The second kappa shape index (κ2) is 8.41. The van der Waals surface area contributed by atoms with Crippen LogP contribution in [0.25, 0.3) is 0 Å². The molecular formula is C16H32N2O3S. The van der Waals surface area contributed by atoms with Crippen LogP contribution in [0.1, 0.15) is 53.4 Å². The second-order valence-electron chi connectivity index (χ2n) is 7.51. The standard InChI is InChI=1S/C16H32N2O3S/c1-15(2,3)21-14(19)18-13-8-6-12(7-9-13)17-10-16(4,20)11-22-5/h12-13,17,20H,6-11H2,1-5H3,(H,18,19). The lowest BCUT2D eigenvalue weighted by Crippen LogP contribution is -2.47. The van der Waals surface area contributed by atoms with Gasteiger partial charge in [0, 0.05) is 24.4 Å². The third-order valence-corrected chi connectivity index (χ3v) is 4.59. The van der Waals surface area contributed by atoms with Crippen LogP contribution in [-0.2, 0) is 4.74 Å². The Hall–Kier alpha value is -0.460. The van der Waals surface area contributed by atoms with Crippen molar-refractivity contribution in [2.75, 3.05) is 18.6 Å². The lowest BCUT2D eigenvalue weighted by atomic mass is 9.91. The molecule has 0 saturated heterocycles. The Kier molecular flexibility index (Phi) is 7.49. The third kappa shape index (κ3) is 8.25. The average molecular weight is 333 g/mol. The van der Waals surface area contributed by atoms with Crippen LogP contribution in [0.15, 0.2) is 0 Å². The Morgan fingerprint density at radius 2 is 1.73 bits per heavy atom. The van der Waals surface area contributed by atoms with E-state index in [1.807, 2.05) is 34.0 Å². The first kappa shape index (κ1) is 19.6. The van der Waals surface area contributed by atoms with E-state index in [9.17, 15) is 9.90 Å². The van der Waals surface area contributed by atoms with Crippen molar-refractivity contribution in [1.29, 1.82) is 0 Å². The number of thioether (sulfide) groups is 1. The van der Waals surface area contributed by atoms with Gasteiger partial charge in [0.15, 0.2) is 0 Å². The van der Waals surface area contributed by atoms with Crippen LogP contribution in [0.5, 0.6) is 0 Å². The molecule has 1 rings (SSSR count). The summed E-state index contributed by atoms with van der Waals surface area (Å²) in [7, 11) is 0. The number of carbonyl (C=O) groups excluding carboxylic acids is 1. The van der Waals surface area contributed by atoms with Crippen LogP contribution in [-0.4, -0.2) is 53.0 Å². The van der Waals surface area contributed by atoms with Crippen molar-refractivity contribution in [3.63, 3.8) is 0 Å². The van der Waals surface area contributed by atoms with E-state index >= 15 is 0 Å². The van der Waals surface area contributed by atoms with Gasteiger partial charge in [-0.2, -0.15) is 11.8 Å². The van der Waals surface area contributed by atoms with Crippen molar-refractivity contribution in [3.8, 4) is 0 Å². The number of carbonyl (C=O) groups is 1. The highest BCUT2D eigenvalue weighted by Crippen LogP contribution is 2.20. The zero-order valence-electron chi connectivity index (χ0n) is 14.6. The minimum absolute atomic E-state index is 0.194. The first-order valence-corrected chi connectivity index (χ1v) is 9.45. The minimum atomic E-state index is -0.662. The van der Waals surface area contributed by atoms with E-state index in [-0.39, 0.29) is 12.1 Å². The molecular weight excluding hydrogens is 300 g/mol. The molecule has 6 heteroatoms. The average Bonchev–Trinajstić information content (AvgIpc) is 2.35. The normalized spacial score (nSPS) is 25.4. The Balaban J connectivity index is 2.25. The molecule has 1 aliphatic rings. The highest BCUT2D eigenvalue weighted by molar-refractivity contribution is 7.98. The summed E-state index contributed by atoms with van der Waals surface area (Å²) in [5, 5.41) is 16.6. The monoisotopic (exact) mass is 332 g/mol. The van der Waals surface area contributed by atoms with Crippen molar-refractivity contribution in [1.82, 2.24) is 10.6 Å². The van der Waals surface area contributed by atoms with Gasteiger partial charge in [0.2, 0.25) is 0 Å². The molecule has 0 heterocycles. The summed E-state index contributed by atoms with van der Waals surface area (Å²) in [6.07, 6.45) is 5.59. The fourth-order valence-electron chi connectivity index (χ4n) is 2.64. The second-order valence-corrected chi connectivity index (χ2v) is 8.37. The highest BCUT2D eigenvalue weighted by atomic mass is 32.2. The number of aliphatic hydroxyl groups is 1. The molecule has 0 aromatic carbocycles. The number of alkyl carbamates (subject to hydrolysis) is 1. The predicted octanol–water partition coefficient (Wildman–Crippen LogP) is 2.53. The summed E-state index contributed by atoms with van der Waals surface area (Å²) in [6, 6.07) is 0.615. The summed E-state index contributed by atoms with van der Waals surface area (Å²) in [4.78, 5) is 11.8. The van der Waals surface area contributed by atoms with Crippen LogP contribution in [0.2, 0.25) is 0 Å². The fourth-order valence-corrected chi connectivity index (χ4v) is 3.37. The molecule has 0 spiro atoms. The molecule has 0 aromatic heterocycles. The van der Waals surface area contributed by atoms with Crippen LogP contribution in [0, 0.1) is 0 Å². The van der Waals surface area contributed by atoms with Crippen molar-refractivity contribution in [2.24, 2.45) is 0 Å². The molecule has 0 bridgehead atoms. The van der Waals surface area contributed by atoms with Gasteiger partial charge in [-0.15, -0.1) is 0 Å². The zero-order valence-corrected chi connectivity index (χ0v) is 15.4. The lowest BCUT2D eigenvalue weighted by molar-refractivity contribution is 0.0487. The van der Waals surface area contributed by atoms with Crippen LogP contribution in [0.4, 0.5) is 4.79 Å². The van der Waals surface area contributed by atoms with E-state index in [2.05, 4.69) is 10.6 Å². The molecule has 22 heavy (non-hydrogen) atoms. The van der Waals surface area contributed by atoms with Crippen LogP contribution in [0.3, 0.4) is 0 Å². The molecule has 3 N–H and O–H groups in total. The predicted molar refractivity (Wildman–Crippen MR) is 92.4 cm³/mol. The molecule has 1 aliphatic carbocycles. The summed E-state index contributed by atoms with van der Waals surface area (Å²) in [6.45, 7) is 8.09. The van der Waals surface area contributed by atoms with Gasteiger partial charge in [0.25, 0.3) is 0 Å². The molecule has 1 amide bonds. The topological polar surface area (TPSA) is 70.6 Å². The SMILES string of the molecule is CSCC(C)(O)CNC1CCC(NC(=O)OC(C)(C)C)CC1. The Morgan fingerprint density at radius 3 is 2.23 bits per heavy atom. The van der Waals surface area contributed by atoms with Gasteiger partial charge in [-0.25, -0.2) is 4.79 Å². The maximum Gasteiger partial charge on any atom is 0.407 e. The smallest absolute Gasteiger partial charge is 0.407 e. The van der Waals surface area contributed by atoms with Gasteiger partial charge in [0.1, 0.15) is 5.60 Å². The Bertz CT molecular complexity index is 348. The van der Waals surface area contributed by atoms with Crippen LogP contribution < -0.4 is 10.6 Å². The van der Waals surface area contributed by atoms with E-state index in [0.29, 0.717) is 12.6 Å². The zero-order chi connectivity index (χ0) is 16.8. The number of hydrogen-bond acceptors (Lipinski definition) is 5. The Morgan fingerprint density at radius 1 is 1.18 bits per heavy atom. The quantitative estimate of drug-likeness (QED) is 0.697. The van der Waals surface area contributed by atoms with Gasteiger partial charge in [0.05, 0.1) is 5.60 Å². The third-order valence-electron chi connectivity index (χ3n) is 3.67. The summed E-state index contributed by atoms with van der Waals surface area (Å²) in [5.74, 6) is 0.732. The number of amides is 1. The first-order chi connectivity index (χ1) is 10.1. The molecule has 0 aromatic rings. The molecule has 0 radical (unpaired) electrons. The molecule has 1 fully saturated rings. The fraction of sp³-hybridized carbons (Fsp3) is 0.938. The van der Waals surface area contributed by atoms with Gasteiger partial charge < -0.3 is 20.5 Å². The number of hydrogen-bond donors (Lipinski definition) is 3. The maximum absolute atomic E-state index is 11.8. The van der Waals surface area contributed by atoms with Crippen molar-refractivity contribution >= 4 is 17.9 Å². The summed E-state index contributed by atoms with van der Waals surface area (Å²) < 4.78 is 5.29. The summed E-state index contributed by atoms with van der Waals surface area (Å²) >= 11 is 1.66. The maximum atomic E-state index is 11.8. The molecule has 5 nitrogen and oxygen atoms in total. The van der Waals surface area contributed by atoms with Crippen molar-refractivity contribution in [2.45, 2.75) is 76.7 Å². The molecule has 1 saturated carbocycles. The molecule has 0 aliphatic heterocycles. The largest absolute Gasteiger partial charge is 0.444 e. The van der Waals surface area contributed by atoms with E-state index in [4.69, 9.17) is 4.74 Å². The molecule has 1 unspecified atom stereocenters. The van der Waals surface area contributed by atoms with E-state index in [1.165, 1.54) is 0 Å².